The Bertz CT molecular complexity index is 1340. The van der Waals surface area contributed by atoms with Crippen LogP contribution in [-0.4, -0.2) is 50.6 Å². The zero-order chi connectivity index (χ0) is 25.8. The lowest BCUT2D eigenvalue weighted by atomic mass is 10.1. The summed E-state index contributed by atoms with van der Waals surface area (Å²) in [6.07, 6.45) is 1.68. The third kappa shape index (κ3) is 5.97. The lowest BCUT2D eigenvalue weighted by Crippen LogP contribution is -2.47. The molecule has 0 bridgehead atoms. The van der Waals surface area contributed by atoms with Crippen LogP contribution in [0, 0.1) is 11.6 Å². The number of aliphatic hydroxyl groups excluding tert-OH is 1. The molecule has 1 saturated heterocycles. The van der Waals surface area contributed by atoms with Gasteiger partial charge < -0.3 is 15.5 Å². The van der Waals surface area contributed by atoms with Crippen molar-refractivity contribution in [3.8, 4) is 11.1 Å². The number of aromatic carboxylic acids is 1. The van der Waals surface area contributed by atoms with Crippen LogP contribution in [-0.2, 0) is 4.79 Å². The average molecular weight is 548 g/mol. The van der Waals surface area contributed by atoms with Crippen LogP contribution in [0.3, 0.4) is 0 Å². The number of thiocarbonyl (C=S) groups is 1. The van der Waals surface area contributed by atoms with Crippen molar-refractivity contribution >= 4 is 63.3 Å². The average Bonchev–Trinajstić information content (AvgIpc) is 3.43. The number of benzene rings is 2. The number of thiophene rings is 1. The molecule has 186 valence electrons. The number of anilines is 1. The quantitative estimate of drug-likeness (QED) is 0.228. The first-order chi connectivity index (χ1) is 17.2. The van der Waals surface area contributed by atoms with E-state index in [0.29, 0.717) is 26.0 Å². The van der Waals surface area contributed by atoms with Gasteiger partial charge in [-0.3, -0.25) is 4.79 Å². The van der Waals surface area contributed by atoms with E-state index in [1.807, 2.05) is 0 Å². The number of hydrazine groups is 1. The number of halogens is 2. The fraction of sp³-hybridized carbons (Fsp3) is 0.125. The topological polar surface area (TPSA) is 102 Å². The summed E-state index contributed by atoms with van der Waals surface area (Å²) < 4.78 is 27.1. The van der Waals surface area contributed by atoms with Crippen LogP contribution in [0.2, 0.25) is 0 Å². The zero-order valence-electron chi connectivity index (χ0n) is 18.4. The molecule has 0 saturated carbocycles. The van der Waals surface area contributed by atoms with Crippen molar-refractivity contribution in [1.82, 2.24) is 10.4 Å². The Morgan fingerprint density at radius 3 is 2.53 bits per heavy atom. The van der Waals surface area contributed by atoms with Crippen LogP contribution in [0.5, 0.6) is 0 Å². The number of thioether (sulfide) groups is 1. The monoisotopic (exact) mass is 547 g/mol. The minimum atomic E-state index is -1.03. The molecule has 4 N–H and O–H groups in total. The highest BCUT2D eigenvalue weighted by atomic mass is 32.2. The van der Waals surface area contributed by atoms with Crippen molar-refractivity contribution in [1.29, 1.82) is 0 Å². The van der Waals surface area contributed by atoms with Crippen molar-refractivity contribution in [3.05, 3.63) is 80.9 Å². The lowest BCUT2D eigenvalue weighted by Gasteiger charge is -2.22. The van der Waals surface area contributed by atoms with Crippen LogP contribution < -0.4 is 10.7 Å². The van der Waals surface area contributed by atoms with Crippen molar-refractivity contribution in [2.75, 3.05) is 18.5 Å². The SMILES string of the molecule is O=C(O)c1ccc(NC(CO)CNN2C(=O)/C(=C/c3cc(-c4ccc(F)c(F)c4)cs3)SC2=S)cc1. The summed E-state index contributed by atoms with van der Waals surface area (Å²) in [5.74, 6) is -3.23. The smallest absolute Gasteiger partial charge is 0.335 e. The van der Waals surface area contributed by atoms with E-state index in [-0.39, 0.29) is 24.6 Å². The molecule has 1 aromatic heterocycles. The summed E-state index contributed by atoms with van der Waals surface area (Å²) in [6, 6.07) is 11.0. The van der Waals surface area contributed by atoms with E-state index >= 15 is 0 Å². The fourth-order valence-electron chi connectivity index (χ4n) is 3.30. The van der Waals surface area contributed by atoms with E-state index < -0.39 is 23.6 Å². The molecular weight excluding hydrogens is 528 g/mol. The molecule has 0 radical (unpaired) electrons. The lowest BCUT2D eigenvalue weighted by molar-refractivity contribution is -0.124. The van der Waals surface area contributed by atoms with Crippen LogP contribution in [0.4, 0.5) is 14.5 Å². The van der Waals surface area contributed by atoms with Gasteiger partial charge in [0.05, 0.1) is 23.1 Å². The van der Waals surface area contributed by atoms with Gasteiger partial charge in [-0.05, 0) is 65.0 Å². The summed E-state index contributed by atoms with van der Waals surface area (Å²) in [7, 11) is 0. The number of carboxylic acid groups (broad SMARTS) is 1. The molecule has 1 unspecified atom stereocenters. The van der Waals surface area contributed by atoms with Crippen molar-refractivity contribution in [2.24, 2.45) is 0 Å². The first-order valence-electron chi connectivity index (χ1n) is 10.5. The normalized spacial score (nSPS) is 15.5. The maximum atomic E-state index is 13.6. The van der Waals surface area contributed by atoms with Gasteiger partial charge in [0.1, 0.15) is 0 Å². The molecule has 36 heavy (non-hydrogen) atoms. The van der Waals surface area contributed by atoms with Crippen LogP contribution in [0.1, 0.15) is 15.2 Å². The zero-order valence-corrected chi connectivity index (χ0v) is 20.9. The van der Waals surface area contributed by atoms with Gasteiger partial charge in [0.15, 0.2) is 16.0 Å². The molecule has 1 aliphatic heterocycles. The number of hydrogen-bond donors (Lipinski definition) is 4. The highest BCUT2D eigenvalue weighted by molar-refractivity contribution is 8.26. The standard InChI is InChI=1S/C24H19F2N3O4S3/c25-19-6-3-14(8-20(19)26)15-7-18(35-12-15)9-21-22(31)29(24(34)36-21)27-10-17(11-30)28-16-4-1-13(2-5-16)23(32)33/h1-9,12,17,27-28,30H,10-11H2,(H,32,33)/b21-9-. The number of aliphatic hydroxyl groups is 1. The third-order valence-electron chi connectivity index (χ3n) is 5.16. The Labute approximate surface area is 218 Å². The molecule has 4 rings (SSSR count). The van der Waals surface area contributed by atoms with Crippen LogP contribution in [0.25, 0.3) is 17.2 Å². The number of nitrogens with zero attached hydrogens (tertiary/aromatic N) is 1. The second-order valence-electron chi connectivity index (χ2n) is 7.65. The first-order valence-corrected chi connectivity index (χ1v) is 12.6. The Morgan fingerprint density at radius 2 is 1.86 bits per heavy atom. The number of carbonyl (C=O) groups is 2. The summed E-state index contributed by atoms with van der Waals surface area (Å²) >= 11 is 7.80. The molecule has 12 heteroatoms. The Hall–Kier alpha value is -3.16. The van der Waals surface area contributed by atoms with Crippen molar-refractivity contribution in [2.45, 2.75) is 6.04 Å². The van der Waals surface area contributed by atoms with E-state index in [2.05, 4.69) is 10.7 Å². The van der Waals surface area contributed by atoms with Crippen LogP contribution in [0.15, 0.2) is 58.8 Å². The van der Waals surface area contributed by atoms with Crippen molar-refractivity contribution < 1.29 is 28.6 Å². The molecule has 1 fully saturated rings. The molecule has 7 nitrogen and oxygen atoms in total. The molecule has 2 heterocycles. The summed E-state index contributed by atoms with van der Waals surface area (Å²) in [5, 5.41) is 24.8. The largest absolute Gasteiger partial charge is 0.478 e. The van der Waals surface area contributed by atoms with Gasteiger partial charge in [-0.25, -0.2) is 24.0 Å². The van der Waals surface area contributed by atoms with Gasteiger partial charge in [-0.15, -0.1) is 11.3 Å². The Balaban J connectivity index is 1.39. The third-order valence-corrected chi connectivity index (χ3v) is 7.34. The molecule has 0 spiro atoms. The minimum absolute atomic E-state index is 0.145. The van der Waals surface area contributed by atoms with Gasteiger partial charge in [-0.2, -0.15) is 0 Å². The summed E-state index contributed by atoms with van der Waals surface area (Å²) in [6.45, 7) is -0.0869. The Kier molecular flexibility index (Phi) is 8.11. The molecule has 2 aromatic carbocycles. The van der Waals surface area contributed by atoms with Gasteiger partial charge >= 0.3 is 5.97 Å². The summed E-state index contributed by atoms with van der Waals surface area (Å²) in [5.41, 5.74) is 4.92. The second kappa shape index (κ2) is 11.3. The second-order valence-corrected chi connectivity index (χ2v) is 10.3. The van der Waals surface area contributed by atoms with Gasteiger partial charge in [0, 0.05) is 17.1 Å². The molecule has 3 aromatic rings. The van der Waals surface area contributed by atoms with E-state index in [4.69, 9.17) is 17.3 Å². The molecule has 0 aliphatic carbocycles. The fourth-order valence-corrected chi connectivity index (χ4v) is 5.43. The number of carboxylic acids is 1. The molecular formula is C24H19F2N3O4S3. The van der Waals surface area contributed by atoms with Crippen molar-refractivity contribution in [3.63, 3.8) is 0 Å². The van der Waals surface area contributed by atoms with Gasteiger partial charge in [0.25, 0.3) is 5.91 Å². The Morgan fingerprint density at radius 1 is 1.11 bits per heavy atom. The van der Waals surface area contributed by atoms with Crippen LogP contribution >= 0.6 is 35.3 Å². The number of nitrogens with one attached hydrogen (secondary N) is 2. The highest BCUT2D eigenvalue weighted by Crippen LogP contribution is 2.34. The number of carbonyl (C=O) groups excluding carboxylic acids is 1. The highest BCUT2D eigenvalue weighted by Gasteiger charge is 2.32. The van der Waals surface area contributed by atoms with E-state index in [9.17, 15) is 23.5 Å². The van der Waals surface area contributed by atoms with E-state index in [0.717, 1.165) is 28.8 Å². The molecule has 1 aliphatic rings. The van der Waals surface area contributed by atoms with Gasteiger partial charge in [-0.1, -0.05) is 30.0 Å². The summed E-state index contributed by atoms with van der Waals surface area (Å²) in [4.78, 5) is 25.0. The van der Waals surface area contributed by atoms with E-state index in [1.165, 1.54) is 34.5 Å². The number of hydrogen-bond acceptors (Lipinski definition) is 8. The number of rotatable bonds is 9. The molecule has 1 amide bonds. The van der Waals surface area contributed by atoms with Gasteiger partial charge in [0.2, 0.25) is 0 Å². The molecule has 1 atom stereocenters. The first kappa shape index (κ1) is 25.9. The predicted molar refractivity (Wildman–Crippen MR) is 141 cm³/mol. The maximum absolute atomic E-state index is 13.6. The van der Waals surface area contributed by atoms with E-state index in [1.54, 1.807) is 29.7 Å². The maximum Gasteiger partial charge on any atom is 0.335 e. The number of amides is 1. The minimum Gasteiger partial charge on any atom is -0.478 e. The predicted octanol–water partition coefficient (Wildman–Crippen LogP) is 4.57.